The minimum absolute atomic E-state index is 0.278. The highest BCUT2D eigenvalue weighted by Gasteiger charge is 2.11. The standard InChI is InChI=1S/C14H13FO/c1-10-6-3-4-7-11(10)12-8-5-9-13(16-2)14(12)15/h3-9H,1-2H3. The van der Waals surface area contributed by atoms with E-state index in [-0.39, 0.29) is 11.6 Å². The van der Waals surface area contributed by atoms with Crippen molar-refractivity contribution in [2.75, 3.05) is 7.11 Å². The predicted octanol–water partition coefficient (Wildman–Crippen LogP) is 3.81. The lowest BCUT2D eigenvalue weighted by atomic mass is 10.00. The molecular weight excluding hydrogens is 203 g/mol. The summed E-state index contributed by atoms with van der Waals surface area (Å²) in [5.74, 6) is -0.0277. The summed E-state index contributed by atoms with van der Waals surface area (Å²) < 4.78 is 19.0. The van der Waals surface area contributed by atoms with E-state index in [1.165, 1.54) is 7.11 Å². The summed E-state index contributed by atoms with van der Waals surface area (Å²) in [5, 5.41) is 0. The summed E-state index contributed by atoms with van der Waals surface area (Å²) >= 11 is 0. The smallest absolute Gasteiger partial charge is 0.172 e. The molecule has 0 aliphatic carbocycles. The molecule has 2 aromatic rings. The van der Waals surface area contributed by atoms with Crippen LogP contribution < -0.4 is 4.74 Å². The molecule has 0 saturated heterocycles. The number of ether oxygens (including phenoxy) is 1. The molecule has 2 heteroatoms. The maximum absolute atomic E-state index is 14.0. The fraction of sp³-hybridized carbons (Fsp3) is 0.143. The van der Waals surface area contributed by atoms with Crippen LogP contribution in [-0.4, -0.2) is 7.11 Å². The molecule has 0 radical (unpaired) electrons. The van der Waals surface area contributed by atoms with Crippen molar-refractivity contribution in [3.05, 3.63) is 53.8 Å². The molecule has 0 spiro atoms. The van der Waals surface area contributed by atoms with Crippen LogP contribution in [0, 0.1) is 12.7 Å². The van der Waals surface area contributed by atoms with Gasteiger partial charge in [0.2, 0.25) is 0 Å². The van der Waals surface area contributed by atoms with Crippen molar-refractivity contribution in [2.45, 2.75) is 6.92 Å². The third-order valence-electron chi connectivity index (χ3n) is 2.62. The number of aryl methyl sites for hydroxylation is 1. The maximum Gasteiger partial charge on any atom is 0.172 e. The molecule has 0 fully saturated rings. The zero-order chi connectivity index (χ0) is 11.5. The average Bonchev–Trinajstić information content (AvgIpc) is 2.31. The van der Waals surface area contributed by atoms with Crippen LogP contribution in [0.5, 0.6) is 5.75 Å². The number of rotatable bonds is 2. The number of methoxy groups -OCH3 is 1. The highest BCUT2D eigenvalue weighted by Crippen LogP contribution is 2.30. The molecule has 0 heterocycles. The molecule has 2 rings (SSSR count). The zero-order valence-corrected chi connectivity index (χ0v) is 9.33. The van der Waals surface area contributed by atoms with Gasteiger partial charge < -0.3 is 4.74 Å². The number of benzene rings is 2. The molecule has 0 bridgehead atoms. The molecule has 0 saturated carbocycles. The Morgan fingerprint density at radius 2 is 1.62 bits per heavy atom. The van der Waals surface area contributed by atoms with Crippen molar-refractivity contribution in [3.8, 4) is 16.9 Å². The SMILES string of the molecule is COc1cccc(-c2ccccc2C)c1F. The fourth-order valence-electron chi connectivity index (χ4n) is 1.75. The van der Waals surface area contributed by atoms with E-state index < -0.39 is 0 Å². The third-order valence-corrected chi connectivity index (χ3v) is 2.62. The van der Waals surface area contributed by atoms with E-state index in [1.807, 2.05) is 31.2 Å². The largest absolute Gasteiger partial charge is 0.494 e. The molecule has 16 heavy (non-hydrogen) atoms. The van der Waals surface area contributed by atoms with Crippen molar-refractivity contribution in [2.24, 2.45) is 0 Å². The van der Waals surface area contributed by atoms with E-state index in [9.17, 15) is 4.39 Å². The normalized spacial score (nSPS) is 10.2. The minimum Gasteiger partial charge on any atom is -0.494 e. The van der Waals surface area contributed by atoms with Gasteiger partial charge in [-0.25, -0.2) is 4.39 Å². The van der Waals surface area contributed by atoms with E-state index in [2.05, 4.69) is 0 Å². The highest BCUT2D eigenvalue weighted by molar-refractivity contribution is 5.69. The first-order valence-electron chi connectivity index (χ1n) is 5.12. The van der Waals surface area contributed by atoms with Crippen molar-refractivity contribution in [1.82, 2.24) is 0 Å². The maximum atomic E-state index is 14.0. The van der Waals surface area contributed by atoms with Gasteiger partial charge in [-0.05, 0) is 24.1 Å². The van der Waals surface area contributed by atoms with Gasteiger partial charge in [0.15, 0.2) is 11.6 Å². The average molecular weight is 216 g/mol. The lowest BCUT2D eigenvalue weighted by Gasteiger charge is -2.09. The molecule has 0 N–H and O–H groups in total. The van der Waals surface area contributed by atoms with Crippen LogP contribution in [0.25, 0.3) is 11.1 Å². The Morgan fingerprint density at radius 1 is 0.938 bits per heavy atom. The van der Waals surface area contributed by atoms with Gasteiger partial charge in [-0.2, -0.15) is 0 Å². The number of hydrogen-bond donors (Lipinski definition) is 0. The Bertz CT molecular complexity index is 506. The summed E-state index contributed by atoms with van der Waals surface area (Å²) in [6, 6.07) is 12.9. The second kappa shape index (κ2) is 4.35. The van der Waals surface area contributed by atoms with Gasteiger partial charge in [0.25, 0.3) is 0 Å². The van der Waals surface area contributed by atoms with Crippen LogP contribution in [0.3, 0.4) is 0 Å². The summed E-state index contributed by atoms with van der Waals surface area (Å²) in [4.78, 5) is 0. The molecule has 0 amide bonds. The van der Waals surface area contributed by atoms with Crippen LogP contribution >= 0.6 is 0 Å². The van der Waals surface area contributed by atoms with E-state index in [1.54, 1.807) is 18.2 Å². The topological polar surface area (TPSA) is 9.23 Å². The van der Waals surface area contributed by atoms with E-state index >= 15 is 0 Å². The van der Waals surface area contributed by atoms with Crippen molar-refractivity contribution < 1.29 is 9.13 Å². The van der Waals surface area contributed by atoms with E-state index in [0.717, 1.165) is 11.1 Å². The molecule has 1 nitrogen and oxygen atoms in total. The van der Waals surface area contributed by atoms with Crippen LogP contribution in [0.4, 0.5) is 4.39 Å². The van der Waals surface area contributed by atoms with Gasteiger partial charge in [0, 0.05) is 5.56 Å². The first-order chi connectivity index (χ1) is 7.74. The van der Waals surface area contributed by atoms with Crippen molar-refractivity contribution in [1.29, 1.82) is 0 Å². The molecule has 82 valence electrons. The Morgan fingerprint density at radius 3 is 2.31 bits per heavy atom. The van der Waals surface area contributed by atoms with E-state index in [0.29, 0.717) is 5.56 Å². The van der Waals surface area contributed by atoms with Gasteiger partial charge in [0.05, 0.1) is 7.11 Å². The first kappa shape index (κ1) is 10.7. The predicted molar refractivity (Wildman–Crippen MR) is 63.1 cm³/mol. The van der Waals surface area contributed by atoms with Gasteiger partial charge >= 0.3 is 0 Å². The van der Waals surface area contributed by atoms with Gasteiger partial charge in [-0.15, -0.1) is 0 Å². The van der Waals surface area contributed by atoms with Crippen molar-refractivity contribution >= 4 is 0 Å². The van der Waals surface area contributed by atoms with Crippen LogP contribution in [-0.2, 0) is 0 Å². The summed E-state index contributed by atoms with van der Waals surface area (Å²) in [7, 11) is 1.47. The molecule has 0 atom stereocenters. The van der Waals surface area contributed by atoms with Crippen molar-refractivity contribution in [3.63, 3.8) is 0 Å². The molecule has 0 aliphatic heterocycles. The Hall–Kier alpha value is -1.83. The van der Waals surface area contributed by atoms with Crippen LogP contribution in [0.1, 0.15) is 5.56 Å². The Labute approximate surface area is 94.5 Å². The molecule has 0 unspecified atom stereocenters. The van der Waals surface area contributed by atoms with Gasteiger partial charge in [-0.1, -0.05) is 36.4 Å². The van der Waals surface area contributed by atoms with E-state index in [4.69, 9.17) is 4.74 Å². The monoisotopic (exact) mass is 216 g/mol. The summed E-state index contributed by atoms with van der Waals surface area (Å²) in [6.07, 6.45) is 0. The molecule has 0 aromatic heterocycles. The van der Waals surface area contributed by atoms with Gasteiger partial charge in [0.1, 0.15) is 0 Å². The summed E-state index contributed by atoms with van der Waals surface area (Å²) in [5.41, 5.74) is 2.53. The zero-order valence-electron chi connectivity index (χ0n) is 9.33. The molecular formula is C14H13FO. The lowest BCUT2D eigenvalue weighted by Crippen LogP contribution is -1.92. The summed E-state index contributed by atoms with van der Waals surface area (Å²) in [6.45, 7) is 1.97. The van der Waals surface area contributed by atoms with Crippen LogP contribution in [0.2, 0.25) is 0 Å². The third kappa shape index (κ3) is 1.78. The minimum atomic E-state index is -0.306. The lowest BCUT2D eigenvalue weighted by molar-refractivity contribution is 0.387. The second-order valence-corrected chi connectivity index (χ2v) is 3.64. The van der Waals surface area contributed by atoms with Crippen LogP contribution in [0.15, 0.2) is 42.5 Å². The Balaban J connectivity index is 2.61. The van der Waals surface area contributed by atoms with Gasteiger partial charge in [-0.3, -0.25) is 0 Å². The quantitative estimate of drug-likeness (QED) is 0.741. The number of hydrogen-bond acceptors (Lipinski definition) is 1. The highest BCUT2D eigenvalue weighted by atomic mass is 19.1. The molecule has 0 aliphatic rings. The second-order valence-electron chi connectivity index (χ2n) is 3.64. The molecule has 2 aromatic carbocycles. The first-order valence-corrected chi connectivity index (χ1v) is 5.12. The fourth-order valence-corrected chi connectivity index (χ4v) is 1.75. The Kier molecular flexibility index (Phi) is 2.91. The number of halogens is 1.